The molecule has 1 amide bonds. The van der Waals surface area contributed by atoms with Crippen LogP contribution in [0.15, 0.2) is 41.0 Å². The quantitative estimate of drug-likeness (QED) is 0.458. The molecule has 2 N–H and O–H groups in total. The van der Waals surface area contributed by atoms with Gasteiger partial charge >= 0.3 is 6.16 Å². The summed E-state index contributed by atoms with van der Waals surface area (Å²) in [5, 5.41) is 14.5. The number of rotatable bonds is 4. The number of thiophene rings is 1. The second kappa shape index (κ2) is 8.25. The Kier molecular flexibility index (Phi) is 5.74. The lowest BCUT2D eigenvalue weighted by atomic mass is 9.48. The van der Waals surface area contributed by atoms with E-state index in [-0.39, 0.29) is 28.2 Å². The van der Waals surface area contributed by atoms with Crippen molar-refractivity contribution in [1.29, 1.82) is 0 Å². The van der Waals surface area contributed by atoms with Gasteiger partial charge in [-0.05, 0) is 104 Å². The van der Waals surface area contributed by atoms with Gasteiger partial charge in [0.15, 0.2) is 0 Å². The van der Waals surface area contributed by atoms with Crippen LogP contribution in [0.4, 0.5) is 4.79 Å². The average Bonchev–Trinajstić information content (AvgIpc) is 3.41. The Morgan fingerprint density at radius 3 is 2.68 bits per heavy atom. The van der Waals surface area contributed by atoms with Gasteiger partial charge in [0.2, 0.25) is 5.91 Å². The van der Waals surface area contributed by atoms with E-state index in [0.717, 1.165) is 38.5 Å². The molecule has 2 fully saturated rings. The van der Waals surface area contributed by atoms with E-state index < -0.39 is 6.16 Å². The summed E-state index contributed by atoms with van der Waals surface area (Å²) < 4.78 is 5.01. The van der Waals surface area contributed by atoms with Crippen molar-refractivity contribution >= 4 is 23.4 Å². The van der Waals surface area contributed by atoms with Crippen molar-refractivity contribution < 1.29 is 19.4 Å². The van der Waals surface area contributed by atoms with Crippen molar-refractivity contribution in [3.63, 3.8) is 0 Å². The van der Waals surface area contributed by atoms with Gasteiger partial charge in [-0.15, -0.1) is 11.3 Å². The first kappa shape index (κ1) is 23.7. The predicted octanol–water partition coefficient (Wildman–Crippen LogP) is 6.87. The van der Waals surface area contributed by atoms with Crippen LogP contribution in [0.5, 0.6) is 0 Å². The summed E-state index contributed by atoms with van der Waals surface area (Å²) >= 11 is 1.70. The molecule has 0 saturated heterocycles. The summed E-state index contributed by atoms with van der Waals surface area (Å²) in [6.45, 7) is 8.96. The standard InChI is InChI=1S/C28H37NO4S/c1-26(2,23-6-5-15-34-23)29-24(30)22-10-9-20-19-8-7-17-16-18(33-25(31)32)11-13-27(17,3)21(19)12-14-28(20,22)4/h5-7,15-16,19-22H,8-14H2,1-4H3,(H,29,30)(H,31,32)/t19-,20-,21-,22?,27-,28-/m0/s1. The van der Waals surface area contributed by atoms with Gasteiger partial charge < -0.3 is 15.2 Å². The van der Waals surface area contributed by atoms with Gasteiger partial charge in [0.25, 0.3) is 0 Å². The Labute approximate surface area is 206 Å². The molecule has 0 bridgehead atoms. The number of fused-ring (bicyclic) bond motifs is 5. The maximum Gasteiger partial charge on any atom is 0.511 e. The van der Waals surface area contributed by atoms with Crippen molar-refractivity contribution in [3.05, 3.63) is 45.9 Å². The molecule has 0 spiro atoms. The molecule has 4 aliphatic carbocycles. The van der Waals surface area contributed by atoms with Crippen molar-refractivity contribution in [2.45, 2.75) is 78.2 Å². The third-order valence-corrected chi connectivity index (χ3v) is 11.0. The Morgan fingerprint density at radius 2 is 1.97 bits per heavy atom. The number of amides is 1. The van der Waals surface area contributed by atoms with E-state index in [4.69, 9.17) is 9.84 Å². The smallest absolute Gasteiger partial charge is 0.449 e. The van der Waals surface area contributed by atoms with E-state index in [1.54, 1.807) is 11.3 Å². The highest BCUT2D eigenvalue weighted by Gasteiger charge is 2.59. The maximum absolute atomic E-state index is 13.6. The van der Waals surface area contributed by atoms with Gasteiger partial charge in [-0.3, -0.25) is 4.79 Å². The molecule has 6 atom stereocenters. The molecular weight excluding hydrogens is 446 g/mol. The topological polar surface area (TPSA) is 75.6 Å². The summed E-state index contributed by atoms with van der Waals surface area (Å²) in [6, 6.07) is 4.15. The van der Waals surface area contributed by atoms with Gasteiger partial charge in [-0.2, -0.15) is 0 Å². The van der Waals surface area contributed by atoms with Crippen molar-refractivity contribution in [2.24, 2.45) is 34.5 Å². The molecular formula is C28H37NO4S. The molecule has 0 radical (unpaired) electrons. The van der Waals surface area contributed by atoms with Crippen LogP contribution >= 0.6 is 11.3 Å². The number of allylic oxidation sites excluding steroid dienone is 4. The Balaban J connectivity index is 1.35. The minimum absolute atomic E-state index is 0.0422. The molecule has 1 aromatic heterocycles. The molecule has 4 aliphatic rings. The molecule has 0 aromatic carbocycles. The van der Waals surface area contributed by atoms with Gasteiger partial charge in [-0.25, -0.2) is 4.79 Å². The zero-order valence-electron chi connectivity index (χ0n) is 20.7. The lowest BCUT2D eigenvalue weighted by Gasteiger charge is -2.56. The van der Waals surface area contributed by atoms with Crippen molar-refractivity contribution in [1.82, 2.24) is 5.32 Å². The van der Waals surface area contributed by atoms with Crippen LogP contribution in [0.3, 0.4) is 0 Å². The fraction of sp³-hybridized carbons (Fsp3) is 0.643. The number of hydrogen-bond acceptors (Lipinski definition) is 4. The number of hydrogen-bond donors (Lipinski definition) is 2. The molecule has 1 unspecified atom stereocenters. The Hall–Kier alpha value is -2.08. The Bertz CT molecular complexity index is 1040. The molecule has 5 nitrogen and oxygen atoms in total. The predicted molar refractivity (Wildman–Crippen MR) is 133 cm³/mol. The summed E-state index contributed by atoms with van der Waals surface area (Å²) in [7, 11) is 0. The third-order valence-electron chi connectivity index (χ3n) is 9.84. The first-order valence-corrected chi connectivity index (χ1v) is 13.6. The lowest BCUT2D eigenvalue weighted by molar-refractivity contribution is -0.133. The van der Waals surface area contributed by atoms with Gasteiger partial charge in [-0.1, -0.05) is 26.0 Å². The lowest BCUT2D eigenvalue weighted by Crippen LogP contribution is -2.52. The van der Waals surface area contributed by atoms with E-state index in [1.165, 1.54) is 10.5 Å². The first-order valence-electron chi connectivity index (χ1n) is 12.7. The molecule has 6 heteroatoms. The van der Waals surface area contributed by atoms with Crippen LogP contribution in [0.25, 0.3) is 0 Å². The van der Waals surface area contributed by atoms with Gasteiger partial charge in [0.1, 0.15) is 5.76 Å². The van der Waals surface area contributed by atoms with E-state index in [1.807, 2.05) is 12.1 Å². The van der Waals surface area contributed by atoms with Crippen molar-refractivity contribution in [2.75, 3.05) is 0 Å². The van der Waals surface area contributed by atoms with Crippen LogP contribution in [0.1, 0.15) is 77.5 Å². The van der Waals surface area contributed by atoms with Crippen molar-refractivity contribution in [3.8, 4) is 0 Å². The van der Waals surface area contributed by atoms with E-state index >= 15 is 0 Å². The van der Waals surface area contributed by atoms with Crippen LogP contribution in [-0.4, -0.2) is 17.2 Å². The van der Waals surface area contributed by atoms with Crippen LogP contribution < -0.4 is 5.32 Å². The minimum Gasteiger partial charge on any atom is -0.449 e. The highest BCUT2D eigenvalue weighted by molar-refractivity contribution is 7.10. The molecule has 1 aromatic rings. The van der Waals surface area contributed by atoms with Crippen LogP contribution in [-0.2, 0) is 15.1 Å². The zero-order valence-corrected chi connectivity index (χ0v) is 21.5. The summed E-state index contributed by atoms with van der Waals surface area (Å²) in [5.41, 5.74) is 1.01. The van der Waals surface area contributed by atoms with Crippen LogP contribution in [0.2, 0.25) is 0 Å². The second-order valence-electron chi connectivity index (χ2n) is 11.9. The molecule has 184 valence electrons. The summed E-state index contributed by atoms with van der Waals surface area (Å²) in [4.78, 5) is 25.8. The highest BCUT2D eigenvalue weighted by Crippen LogP contribution is 2.66. The zero-order chi connectivity index (χ0) is 24.3. The first-order chi connectivity index (χ1) is 16.0. The molecule has 34 heavy (non-hydrogen) atoms. The Morgan fingerprint density at radius 1 is 1.18 bits per heavy atom. The number of nitrogens with one attached hydrogen (secondary N) is 1. The number of ether oxygens (including phenoxy) is 1. The molecule has 0 aliphatic heterocycles. The highest BCUT2D eigenvalue weighted by atomic mass is 32.1. The number of carbonyl (C=O) groups excluding carboxylic acids is 1. The molecule has 2 saturated carbocycles. The monoisotopic (exact) mass is 483 g/mol. The molecule has 5 rings (SSSR count). The van der Waals surface area contributed by atoms with Crippen LogP contribution in [0, 0.1) is 34.5 Å². The maximum atomic E-state index is 13.6. The third kappa shape index (κ3) is 3.73. The fourth-order valence-corrected chi connectivity index (χ4v) is 8.82. The number of carbonyl (C=O) groups is 2. The normalized spacial score (nSPS) is 36.9. The summed E-state index contributed by atoms with van der Waals surface area (Å²) in [5.74, 6) is 2.58. The molecule has 1 heterocycles. The van der Waals surface area contributed by atoms with E-state index in [0.29, 0.717) is 29.9 Å². The average molecular weight is 484 g/mol. The van der Waals surface area contributed by atoms with Gasteiger partial charge in [0.05, 0.1) is 5.54 Å². The fourth-order valence-electron chi connectivity index (χ4n) is 8.01. The van der Waals surface area contributed by atoms with E-state index in [9.17, 15) is 9.59 Å². The number of carboxylic acid groups (broad SMARTS) is 1. The SMILES string of the molecule is CC(C)(NC(=O)C1CC[C@H]2[C@@H]3CC=C4C=C(OC(=O)O)CC[C@]4(C)[C@H]3CC[C@]12C)c1cccs1. The summed E-state index contributed by atoms with van der Waals surface area (Å²) in [6.07, 6.45) is 10.0. The minimum atomic E-state index is -1.23. The van der Waals surface area contributed by atoms with E-state index in [2.05, 4.69) is 50.5 Å². The second-order valence-corrected chi connectivity index (χ2v) is 12.9. The van der Waals surface area contributed by atoms with Gasteiger partial charge in [0, 0.05) is 17.2 Å². The largest absolute Gasteiger partial charge is 0.511 e.